The van der Waals surface area contributed by atoms with Crippen LogP contribution in [-0.4, -0.2) is 0 Å². The monoisotopic (exact) mass is 379 g/mol. The summed E-state index contributed by atoms with van der Waals surface area (Å²) in [5.74, 6) is 0.720. The van der Waals surface area contributed by atoms with E-state index in [1.165, 1.54) is 148 Å². The molecule has 0 saturated carbocycles. The molecule has 0 aliphatic rings. The van der Waals surface area contributed by atoms with Gasteiger partial charge in [0.15, 0.2) is 0 Å². The van der Waals surface area contributed by atoms with Crippen molar-refractivity contribution in [3.8, 4) is 0 Å². The average Bonchev–Trinajstić information content (AvgIpc) is 2.67. The minimum Gasteiger partial charge on any atom is -0.0654 e. The third-order valence-electron chi connectivity index (χ3n) is 6.18. The zero-order valence-corrected chi connectivity index (χ0v) is 19.5. The van der Waals surface area contributed by atoms with E-state index < -0.39 is 0 Å². The van der Waals surface area contributed by atoms with Gasteiger partial charge in [-0.3, -0.25) is 0 Å². The first kappa shape index (κ1) is 27.0. The lowest BCUT2D eigenvalue weighted by Gasteiger charge is -2.11. The maximum absolute atomic E-state index is 4.40. The first-order valence-electron chi connectivity index (χ1n) is 13.1. The molecule has 1 unspecified atom stereocenters. The summed E-state index contributed by atoms with van der Waals surface area (Å²) in [6, 6.07) is 0. The van der Waals surface area contributed by atoms with Gasteiger partial charge in [-0.2, -0.15) is 0 Å². The smallest absolute Gasteiger partial charge is 0.0414 e. The molecule has 0 heterocycles. The summed E-state index contributed by atoms with van der Waals surface area (Å²) in [6.45, 7) is 8.99. The molecule has 0 heteroatoms. The Morgan fingerprint density at radius 2 is 0.593 bits per heavy atom. The van der Waals surface area contributed by atoms with Gasteiger partial charge in [-0.25, -0.2) is 0 Å². The quantitative estimate of drug-likeness (QED) is 0.155. The van der Waals surface area contributed by atoms with Gasteiger partial charge in [-0.05, 0) is 5.92 Å². The summed E-state index contributed by atoms with van der Waals surface area (Å²) in [5, 5.41) is 0. The van der Waals surface area contributed by atoms with Crippen LogP contribution < -0.4 is 0 Å². The zero-order chi connectivity index (χ0) is 19.8. The molecule has 0 nitrogen and oxygen atoms in total. The summed E-state index contributed by atoms with van der Waals surface area (Å²) < 4.78 is 0. The van der Waals surface area contributed by atoms with Crippen LogP contribution in [0.2, 0.25) is 0 Å². The van der Waals surface area contributed by atoms with Gasteiger partial charge in [0.1, 0.15) is 0 Å². The highest BCUT2D eigenvalue weighted by Crippen LogP contribution is 2.19. The highest BCUT2D eigenvalue weighted by Gasteiger charge is 2.02. The minimum absolute atomic E-state index is 0.720. The van der Waals surface area contributed by atoms with Crippen LogP contribution in [0.25, 0.3) is 0 Å². The van der Waals surface area contributed by atoms with Gasteiger partial charge in [0, 0.05) is 0 Å². The second-order valence-corrected chi connectivity index (χ2v) is 9.16. The van der Waals surface area contributed by atoms with Gasteiger partial charge >= 0.3 is 0 Å². The molecule has 1 atom stereocenters. The Balaban J connectivity index is 3.12. The average molecular weight is 380 g/mol. The normalized spacial score (nSPS) is 12.6. The van der Waals surface area contributed by atoms with Crippen LogP contribution in [0.5, 0.6) is 0 Å². The van der Waals surface area contributed by atoms with Gasteiger partial charge in [-0.15, -0.1) is 0 Å². The molecule has 163 valence electrons. The van der Waals surface area contributed by atoms with E-state index in [4.69, 9.17) is 0 Å². The highest BCUT2D eigenvalue weighted by atomic mass is 14.1. The molecule has 0 rings (SSSR count). The Morgan fingerprint density at radius 1 is 0.370 bits per heavy atom. The van der Waals surface area contributed by atoms with Gasteiger partial charge in [0.05, 0.1) is 0 Å². The van der Waals surface area contributed by atoms with E-state index in [-0.39, 0.29) is 0 Å². The molecule has 0 aromatic rings. The van der Waals surface area contributed by atoms with Crippen LogP contribution in [0.15, 0.2) is 0 Å². The molecule has 0 bridgehead atoms. The van der Waals surface area contributed by atoms with Crippen molar-refractivity contribution < 1.29 is 0 Å². The number of hydrogen-bond donors (Lipinski definition) is 0. The Kier molecular flexibility index (Phi) is 24.0. The first-order chi connectivity index (χ1) is 13.3. The molecule has 0 aromatic heterocycles. The maximum atomic E-state index is 4.40. The lowest BCUT2D eigenvalue weighted by Crippen LogP contribution is -1.95. The minimum atomic E-state index is 0.720. The number of hydrogen-bond acceptors (Lipinski definition) is 0. The van der Waals surface area contributed by atoms with Crippen molar-refractivity contribution in [2.75, 3.05) is 0 Å². The number of unbranched alkanes of at least 4 members (excludes halogenated alkanes) is 19. The molecule has 0 amide bonds. The van der Waals surface area contributed by atoms with E-state index in [0.717, 1.165) is 5.92 Å². The maximum Gasteiger partial charge on any atom is -0.0414 e. The lowest BCUT2D eigenvalue weighted by atomic mass is 9.95. The predicted molar refractivity (Wildman–Crippen MR) is 126 cm³/mol. The van der Waals surface area contributed by atoms with E-state index >= 15 is 0 Å². The van der Waals surface area contributed by atoms with E-state index in [9.17, 15) is 0 Å². The second kappa shape index (κ2) is 24.0. The molecule has 1 radical (unpaired) electrons. The highest BCUT2D eigenvalue weighted by molar-refractivity contribution is 4.62. The van der Waals surface area contributed by atoms with Crippen LogP contribution >= 0.6 is 0 Å². The van der Waals surface area contributed by atoms with Crippen molar-refractivity contribution in [2.24, 2.45) is 5.92 Å². The van der Waals surface area contributed by atoms with E-state index in [2.05, 4.69) is 20.8 Å². The van der Waals surface area contributed by atoms with Crippen molar-refractivity contribution in [3.63, 3.8) is 0 Å². The van der Waals surface area contributed by atoms with Crippen LogP contribution in [-0.2, 0) is 0 Å². The fourth-order valence-corrected chi connectivity index (χ4v) is 4.16. The van der Waals surface area contributed by atoms with Crippen LogP contribution in [0.1, 0.15) is 162 Å². The SMILES string of the molecule is [CH2]C(CCCCCCCCCCCC)CCCCCCCCCCCCC. The molecular formula is C27H55. The molecule has 0 aliphatic carbocycles. The van der Waals surface area contributed by atoms with Crippen molar-refractivity contribution in [1.82, 2.24) is 0 Å². The topological polar surface area (TPSA) is 0 Å². The molecule has 0 N–H and O–H groups in total. The fourth-order valence-electron chi connectivity index (χ4n) is 4.16. The Hall–Kier alpha value is 0. The van der Waals surface area contributed by atoms with E-state index in [0.29, 0.717) is 0 Å². The summed E-state index contributed by atoms with van der Waals surface area (Å²) in [4.78, 5) is 0. The largest absolute Gasteiger partial charge is 0.0654 e. The van der Waals surface area contributed by atoms with Crippen LogP contribution in [0, 0.1) is 12.8 Å². The number of rotatable bonds is 23. The van der Waals surface area contributed by atoms with Crippen molar-refractivity contribution in [3.05, 3.63) is 6.92 Å². The molecular weight excluding hydrogens is 324 g/mol. The van der Waals surface area contributed by atoms with Crippen LogP contribution in [0.3, 0.4) is 0 Å². The standard InChI is InChI=1S/C27H55/c1-4-6-8-10-12-14-16-18-20-22-24-26-27(3)25-23-21-19-17-15-13-11-9-7-5-2/h27H,3-26H2,1-2H3. The molecule has 0 fully saturated rings. The Bertz CT molecular complexity index is 244. The lowest BCUT2D eigenvalue weighted by molar-refractivity contribution is 0.459. The predicted octanol–water partition coefficient (Wildman–Crippen LogP) is 10.4. The summed E-state index contributed by atoms with van der Waals surface area (Å²) in [5.41, 5.74) is 0. The van der Waals surface area contributed by atoms with Gasteiger partial charge < -0.3 is 0 Å². The summed E-state index contributed by atoms with van der Waals surface area (Å²) in [7, 11) is 0. The van der Waals surface area contributed by atoms with Crippen molar-refractivity contribution in [1.29, 1.82) is 0 Å². The molecule has 0 spiro atoms. The summed E-state index contributed by atoms with van der Waals surface area (Å²) in [6.07, 6.45) is 33.1. The zero-order valence-electron chi connectivity index (χ0n) is 19.5. The molecule has 27 heavy (non-hydrogen) atoms. The van der Waals surface area contributed by atoms with Crippen LogP contribution in [0.4, 0.5) is 0 Å². The van der Waals surface area contributed by atoms with Gasteiger partial charge in [0.25, 0.3) is 0 Å². The third kappa shape index (κ3) is 24.0. The first-order valence-corrected chi connectivity index (χ1v) is 13.1. The third-order valence-corrected chi connectivity index (χ3v) is 6.18. The van der Waals surface area contributed by atoms with Crippen molar-refractivity contribution in [2.45, 2.75) is 162 Å². The molecule has 0 saturated heterocycles. The van der Waals surface area contributed by atoms with E-state index in [1.807, 2.05) is 0 Å². The fraction of sp³-hybridized carbons (Fsp3) is 0.963. The van der Waals surface area contributed by atoms with E-state index in [1.54, 1.807) is 0 Å². The Labute approximate surface area is 174 Å². The molecule has 0 aromatic carbocycles. The van der Waals surface area contributed by atoms with Gasteiger partial charge in [-0.1, -0.05) is 168 Å². The Morgan fingerprint density at radius 3 is 0.852 bits per heavy atom. The second-order valence-electron chi connectivity index (χ2n) is 9.16. The van der Waals surface area contributed by atoms with Gasteiger partial charge in [0.2, 0.25) is 0 Å². The van der Waals surface area contributed by atoms with Crippen molar-refractivity contribution >= 4 is 0 Å². The summed E-state index contributed by atoms with van der Waals surface area (Å²) >= 11 is 0. The molecule has 0 aliphatic heterocycles.